The quantitative estimate of drug-likeness (QED) is 0.469. The van der Waals surface area contributed by atoms with Crippen molar-refractivity contribution in [3.63, 3.8) is 0 Å². The first-order valence-electron chi connectivity index (χ1n) is 6.78. The first-order valence-corrected chi connectivity index (χ1v) is 6.78. The van der Waals surface area contributed by atoms with Gasteiger partial charge in [-0.3, -0.25) is 0 Å². The minimum absolute atomic E-state index is 0.795. The van der Waals surface area contributed by atoms with E-state index < -0.39 is 0 Å². The molecular formula is C16H24O2. The van der Waals surface area contributed by atoms with Crippen molar-refractivity contribution in [1.29, 1.82) is 0 Å². The summed E-state index contributed by atoms with van der Waals surface area (Å²) < 4.78 is 10.8. The molecule has 1 aromatic carbocycles. The minimum Gasteiger partial charge on any atom is -0.497 e. The molecule has 2 nitrogen and oxygen atoms in total. The van der Waals surface area contributed by atoms with E-state index in [1.807, 2.05) is 24.3 Å². The zero-order valence-electron chi connectivity index (χ0n) is 11.5. The summed E-state index contributed by atoms with van der Waals surface area (Å²) in [6, 6.07) is 7.74. The second kappa shape index (κ2) is 9.58. The van der Waals surface area contributed by atoms with Crippen LogP contribution in [0.1, 0.15) is 39.0 Å². The van der Waals surface area contributed by atoms with Crippen molar-refractivity contribution in [2.75, 3.05) is 13.7 Å². The summed E-state index contributed by atoms with van der Waals surface area (Å²) in [5.74, 6) is 1.78. The fourth-order valence-electron chi connectivity index (χ4n) is 1.69. The number of unbranched alkanes of at least 4 members (excludes halogenated alkanes) is 3. The molecule has 0 heterocycles. The number of allylic oxidation sites excluding steroid dienone is 2. The fourth-order valence-corrected chi connectivity index (χ4v) is 1.69. The third-order valence-electron chi connectivity index (χ3n) is 2.75. The van der Waals surface area contributed by atoms with Crippen LogP contribution >= 0.6 is 0 Å². The van der Waals surface area contributed by atoms with E-state index in [-0.39, 0.29) is 0 Å². The summed E-state index contributed by atoms with van der Waals surface area (Å²) in [7, 11) is 1.67. The molecule has 0 aromatic heterocycles. The van der Waals surface area contributed by atoms with Crippen molar-refractivity contribution in [2.45, 2.75) is 39.0 Å². The largest absolute Gasteiger partial charge is 0.497 e. The van der Waals surface area contributed by atoms with Gasteiger partial charge in [0.15, 0.2) is 0 Å². The lowest BCUT2D eigenvalue weighted by Gasteiger charge is -2.06. The summed E-state index contributed by atoms with van der Waals surface area (Å²) in [5, 5.41) is 0. The molecule has 0 spiro atoms. The topological polar surface area (TPSA) is 18.5 Å². The van der Waals surface area contributed by atoms with Crippen LogP contribution in [0.2, 0.25) is 0 Å². The Bertz CT molecular complexity index is 327. The molecule has 0 aliphatic carbocycles. The molecule has 0 saturated heterocycles. The highest BCUT2D eigenvalue weighted by atomic mass is 16.5. The van der Waals surface area contributed by atoms with Crippen LogP contribution < -0.4 is 9.47 Å². The SMILES string of the molecule is CCC=CCCCCCOc1ccc(OC)cc1. The second-order valence-electron chi connectivity index (χ2n) is 4.25. The maximum Gasteiger partial charge on any atom is 0.119 e. The van der Waals surface area contributed by atoms with Gasteiger partial charge in [0.05, 0.1) is 13.7 Å². The Kier molecular flexibility index (Phi) is 7.78. The van der Waals surface area contributed by atoms with Gasteiger partial charge in [0, 0.05) is 0 Å². The molecule has 0 atom stereocenters. The molecule has 0 amide bonds. The maximum atomic E-state index is 5.66. The van der Waals surface area contributed by atoms with Gasteiger partial charge >= 0.3 is 0 Å². The van der Waals surface area contributed by atoms with Gasteiger partial charge < -0.3 is 9.47 Å². The van der Waals surface area contributed by atoms with Gasteiger partial charge in [0.1, 0.15) is 11.5 Å². The molecular weight excluding hydrogens is 224 g/mol. The number of hydrogen-bond acceptors (Lipinski definition) is 2. The molecule has 0 unspecified atom stereocenters. The predicted molar refractivity (Wildman–Crippen MR) is 76.4 cm³/mol. The molecule has 1 rings (SSSR count). The van der Waals surface area contributed by atoms with E-state index in [0.717, 1.165) is 30.9 Å². The molecule has 0 bridgehead atoms. The fraction of sp³-hybridized carbons (Fsp3) is 0.500. The highest BCUT2D eigenvalue weighted by molar-refractivity contribution is 5.31. The molecule has 2 heteroatoms. The monoisotopic (exact) mass is 248 g/mol. The maximum absolute atomic E-state index is 5.66. The summed E-state index contributed by atoms with van der Waals surface area (Å²) >= 11 is 0. The number of methoxy groups -OCH3 is 1. The van der Waals surface area contributed by atoms with Crippen LogP contribution in [0.15, 0.2) is 36.4 Å². The number of benzene rings is 1. The van der Waals surface area contributed by atoms with Gasteiger partial charge in [0.2, 0.25) is 0 Å². The van der Waals surface area contributed by atoms with Gasteiger partial charge in [0.25, 0.3) is 0 Å². The molecule has 0 radical (unpaired) electrons. The zero-order valence-corrected chi connectivity index (χ0v) is 11.5. The van der Waals surface area contributed by atoms with Gasteiger partial charge in [-0.05, 0) is 56.4 Å². The van der Waals surface area contributed by atoms with Crippen molar-refractivity contribution in [2.24, 2.45) is 0 Å². The molecule has 0 aliphatic heterocycles. The number of rotatable bonds is 9. The van der Waals surface area contributed by atoms with Gasteiger partial charge in [-0.2, -0.15) is 0 Å². The lowest BCUT2D eigenvalue weighted by atomic mass is 10.2. The molecule has 0 N–H and O–H groups in total. The van der Waals surface area contributed by atoms with Crippen molar-refractivity contribution in [1.82, 2.24) is 0 Å². The molecule has 1 aromatic rings. The van der Waals surface area contributed by atoms with Crippen LogP contribution in [0, 0.1) is 0 Å². The number of hydrogen-bond donors (Lipinski definition) is 0. The summed E-state index contributed by atoms with van der Waals surface area (Å²) in [6.07, 6.45) is 10.4. The van der Waals surface area contributed by atoms with Gasteiger partial charge in [-0.25, -0.2) is 0 Å². The standard InChI is InChI=1S/C16H24O2/c1-3-4-5-6-7-8-9-14-18-16-12-10-15(17-2)11-13-16/h4-5,10-13H,3,6-9,14H2,1-2H3. The van der Waals surface area contributed by atoms with E-state index in [2.05, 4.69) is 19.1 Å². The number of ether oxygens (including phenoxy) is 2. The van der Waals surface area contributed by atoms with Crippen molar-refractivity contribution < 1.29 is 9.47 Å². The summed E-state index contributed by atoms with van der Waals surface area (Å²) in [6.45, 7) is 2.96. The van der Waals surface area contributed by atoms with Crippen LogP contribution in [-0.4, -0.2) is 13.7 Å². The third-order valence-corrected chi connectivity index (χ3v) is 2.75. The Labute approximate surface area is 111 Å². The Morgan fingerprint density at radius 2 is 1.67 bits per heavy atom. The summed E-state index contributed by atoms with van der Waals surface area (Å²) in [5.41, 5.74) is 0. The first kappa shape index (κ1) is 14.6. The van der Waals surface area contributed by atoms with Crippen LogP contribution in [0.3, 0.4) is 0 Å². The predicted octanol–water partition coefficient (Wildman–Crippen LogP) is 4.60. The van der Waals surface area contributed by atoms with Crippen LogP contribution in [-0.2, 0) is 0 Å². The normalized spacial score (nSPS) is 10.8. The Balaban J connectivity index is 2.05. The highest BCUT2D eigenvalue weighted by Gasteiger charge is 1.95. The van der Waals surface area contributed by atoms with Gasteiger partial charge in [-0.1, -0.05) is 19.1 Å². The molecule has 0 aliphatic rings. The molecule has 18 heavy (non-hydrogen) atoms. The lowest BCUT2D eigenvalue weighted by molar-refractivity contribution is 0.305. The van der Waals surface area contributed by atoms with E-state index in [1.54, 1.807) is 7.11 Å². The Hall–Kier alpha value is -1.44. The van der Waals surface area contributed by atoms with Crippen LogP contribution in [0.5, 0.6) is 11.5 Å². The van der Waals surface area contributed by atoms with Crippen molar-refractivity contribution >= 4 is 0 Å². The molecule has 100 valence electrons. The summed E-state index contributed by atoms with van der Waals surface area (Å²) in [4.78, 5) is 0. The van der Waals surface area contributed by atoms with Crippen molar-refractivity contribution in [3.8, 4) is 11.5 Å². The van der Waals surface area contributed by atoms with Crippen LogP contribution in [0.25, 0.3) is 0 Å². The van der Waals surface area contributed by atoms with E-state index in [9.17, 15) is 0 Å². The first-order chi connectivity index (χ1) is 8.86. The third kappa shape index (κ3) is 6.33. The Morgan fingerprint density at radius 3 is 2.33 bits per heavy atom. The van der Waals surface area contributed by atoms with E-state index >= 15 is 0 Å². The Morgan fingerprint density at radius 1 is 0.944 bits per heavy atom. The van der Waals surface area contributed by atoms with E-state index in [4.69, 9.17) is 9.47 Å². The second-order valence-corrected chi connectivity index (χ2v) is 4.25. The molecule has 0 saturated carbocycles. The van der Waals surface area contributed by atoms with E-state index in [0.29, 0.717) is 0 Å². The zero-order chi connectivity index (χ0) is 13.1. The highest BCUT2D eigenvalue weighted by Crippen LogP contribution is 2.17. The van der Waals surface area contributed by atoms with Crippen LogP contribution in [0.4, 0.5) is 0 Å². The average molecular weight is 248 g/mol. The van der Waals surface area contributed by atoms with Crippen molar-refractivity contribution in [3.05, 3.63) is 36.4 Å². The van der Waals surface area contributed by atoms with E-state index in [1.165, 1.54) is 19.3 Å². The lowest BCUT2D eigenvalue weighted by Crippen LogP contribution is -1.97. The average Bonchev–Trinajstić information content (AvgIpc) is 2.42. The smallest absolute Gasteiger partial charge is 0.119 e. The molecule has 0 fully saturated rings. The van der Waals surface area contributed by atoms with Gasteiger partial charge in [-0.15, -0.1) is 0 Å². The minimum atomic E-state index is 0.795.